The van der Waals surface area contributed by atoms with Gasteiger partial charge in [-0.05, 0) is 51.5 Å². The molecule has 0 radical (unpaired) electrons. The summed E-state index contributed by atoms with van der Waals surface area (Å²) in [5.41, 5.74) is 0.0209. The second kappa shape index (κ2) is 8.10. The lowest BCUT2D eigenvalue weighted by atomic mass is 9.88. The van der Waals surface area contributed by atoms with Crippen LogP contribution in [0, 0.1) is 11.8 Å². The Balaban J connectivity index is 4.09. The maximum atomic E-state index is 5.50. The molecule has 104 valence electrons. The van der Waals surface area contributed by atoms with Crippen molar-refractivity contribution in [3.8, 4) is 0 Å². The van der Waals surface area contributed by atoms with Crippen LogP contribution in [0.1, 0.15) is 60.8 Å². The van der Waals surface area contributed by atoms with E-state index in [9.17, 15) is 0 Å². The molecule has 17 heavy (non-hydrogen) atoms. The van der Waals surface area contributed by atoms with E-state index in [2.05, 4.69) is 46.9 Å². The molecular weight excluding hydrogens is 210 g/mol. The van der Waals surface area contributed by atoms with Crippen LogP contribution in [0.3, 0.4) is 0 Å². The van der Waals surface area contributed by atoms with Crippen molar-refractivity contribution < 1.29 is 4.74 Å². The minimum atomic E-state index is 0.0209. The smallest absolute Gasteiger partial charge is 0.0622 e. The molecule has 1 unspecified atom stereocenters. The molecule has 2 heteroatoms. The average Bonchev–Trinajstić information content (AvgIpc) is 2.21. The molecule has 0 bridgehead atoms. The zero-order chi connectivity index (χ0) is 13.5. The number of nitrogens with one attached hydrogen (secondary N) is 1. The summed E-state index contributed by atoms with van der Waals surface area (Å²) in [6.07, 6.45) is 3.69. The Bertz CT molecular complexity index is 187. The first-order valence-electron chi connectivity index (χ1n) is 7.05. The molecule has 0 aliphatic heterocycles. The molecule has 0 aromatic rings. The summed E-state index contributed by atoms with van der Waals surface area (Å²) in [5, 5.41) is 3.56. The first-order chi connectivity index (χ1) is 7.76. The summed E-state index contributed by atoms with van der Waals surface area (Å²) in [5.74, 6) is 1.55. The van der Waals surface area contributed by atoms with E-state index < -0.39 is 0 Å². The Morgan fingerprint density at radius 3 is 2.12 bits per heavy atom. The van der Waals surface area contributed by atoms with Crippen LogP contribution in [0.2, 0.25) is 0 Å². The topological polar surface area (TPSA) is 21.3 Å². The largest absolute Gasteiger partial charge is 0.379 e. The van der Waals surface area contributed by atoms with Gasteiger partial charge < -0.3 is 10.1 Å². The minimum Gasteiger partial charge on any atom is -0.379 e. The predicted molar refractivity (Wildman–Crippen MR) is 76.4 cm³/mol. The number of hydrogen-bond donors (Lipinski definition) is 1. The quantitative estimate of drug-likeness (QED) is 0.664. The highest BCUT2D eigenvalue weighted by Crippen LogP contribution is 2.23. The SMILES string of the molecule is COC(C)(C)CCC(CNC(C)C)CC(C)C. The van der Waals surface area contributed by atoms with Gasteiger partial charge in [0.1, 0.15) is 0 Å². The van der Waals surface area contributed by atoms with Crippen LogP contribution in [-0.2, 0) is 4.74 Å². The van der Waals surface area contributed by atoms with E-state index in [1.807, 2.05) is 7.11 Å². The molecule has 1 atom stereocenters. The summed E-state index contributed by atoms with van der Waals surface area (Å²) in [7, 11) is 1.81. The van der Waals surface area contributed by atoms with Gasteiger partial charge in [-0.3, -0.25) is 0 Å². The van der Waals surface area contributed by atoms with Gasteiger partial charge in [0, 0.05) is 13.2 Å². The summed E-state index contributed by atoms with van der Waals surface area (Å²) >= 11 is 0. The fourth-order valence-electron chi connectivity index (χ4n) is 2.03. The van der Waals surface area contributed by atoms with Crippen LogP contribution in [0.5, 0.6) is 0 Å². The highest BCUT2D eigenvalue weighted by molar-refractivity contribution is 4.73. The summed E-state index contributed by atoms with van der Waals surface area (Å²) in [4.78, 5) is 0. The monoisotopic (exact) mass is 243 g/mol. The molecular formula is C15H33NO. The zero-order valence-corrected chi connectivity index (χ0v) is 13.0. The van der Waals surface area contributed by atoms with Gasteiger partial charge in [0.2, 0.25) is 0 Å². The van der Waals surface area contributed by atoms with E-state index in [4.69, 9.17) is 4.74 Å². The standard InChI is InChI=1S/C15H33NO/c1-12(2)10-14(11-16-13(3)4)8-9-15(5,6)17-7/h12-14,16H,8-11H2,1-7H3. The maximum absolute atomic E-state index is 5.50. The highest BCUT2D eigenvalue weighted by Gasteiger charge is 2.20. The molecule has 0 aliphatic carbocycles. The second-order valence-electron chi connectivity index (χ2n) is 6.56. The molecule has 0 spiro atoms. The third-order valence-corrected chi connectivity index (χ3v) is 3.33. The van der Waals surface area contributed by atoms with Gasteiger partial charge in [0.15, 0.2) is 0 Å². The molecule has 0 heterocycles. The van der Waals surface area contributed by atoms with Crippen LogP contribution in [0.4, 0.5) is 0 Å². The van der Waals surface area contributed by atoms with Crippen molar-refractivity contribution in [3.05, 3.63) is 0 Å². The second-order valence-corrected chi connectivity index (χ2v) is 6.56. The molecule has 0 rings (SSSR count). The van der Waals surface area contributed by atoms with E-state index in [1.54, 1.807) is 0 Å². The molecule has 0 amide bonds. The fraction of sp³-hybridized carbons (Fsp3) is 1.00. The Labute approximate surface area is 109 Å². The van der Waals surface area contributed by atoms with Crippen LogP contribution in [0.25, 0.3) is 0 Å². The van der Waals surface area contributed by atoms with Gasteiger partial charge in [0.25, 0.3) is 0 Å². The third kappa shape index (κ3) is 9.61. The average molecular weight is 243 g/mol. The van der Waals surface area contributed by atoms with Crippen molar-refractivity contribution in [2.75, 3.05) is 13.7 Å². The van der Waals surface area contributed by atoms with Gasteiger partial charge in [-0.25, -0.2) is 0 Å². The van der Waals surface area contributed by atoms with Gasteiger partial charge in [-0.1, -0.05) is 27.7 Å². The molecule has 0 saturated heterocycles. The Morgan fingerprint density at radius 2 is 1.71 bits per heavy atom. The van der Waals surface area contributed by atoms with Crippen molar-refractivity contribution in [2.24, 2.45) is 11.8 Å². The Kier molecular flexibility index (Phi) is 8.06. The maximum Gasteiger partial charge on any atom is 0.0622 e. The first kappa shape index (κ1) is 16.9. The summed E-state index contributed by atoms with van der Waals surface area (Å²) in [6.45, 7) is 14.5. The summed E-state index contributed by atoms with van der Waals surface area (Å²) < 4.78 is 5.50. The zero-order valence-electron chi connectivity index (χ0n) is 13.0. The molecule has 0 aliphatic rings. The number of methoxy groups -OCH3 is 1. The Morgan fingerprint density at radius 1 is 1.12 bits per heavy atom. The molecule has 0 aromatic heterocycles. The molecule has 0 fully saturated rings. The first-order valence-corrected chi connectivity index (χ1v) is 7.05. The summed E-state index contributed by atoms with van der Waals surface area (Å²) in [6, 6.07) is 0.583. The predicted octanol–water partition coefficient (Wildman–Crippen LogP) is 3.85. The van der Waals surface area contributed by atoms with Crippen molar-refractivity contribution in [1.29, 1.82) is 0 Å². The number of ether oxygens (including phenoxy) is 1. The molecule has 2 nitrogen and oxygen atoms in total. The van der Waals surface area contributed by atoms with Crippen LogP contribution < -0.4 is 5.32 Å². The lowest BCUT2D eigenvalue weighted by molar-refractivity contribution is 0.00964. The van der Waals surface area contributed by atoms with Crippen LogP contribution >= 0.6 is 0 Å². The van der Waals surface area contributed by atoms with E-state index in [0.717, 1.165) is 24.8 Å². The van der Waals surface area contributed by atoms with E-state index in [0.29, 0.717) is 6.04 Å². The van der Waals surface area contributed by atoms with Gasteiger partial charge in [-0.15, -0.1) is 0 Å². The lowest BCUT2D eigenvalue weighted by Gasteiger charge is -2.27. The van der Waals surface area contributed by atoms with E-state index >= 15 is 0 Å². The normalized spacial score (nSPS) is 14.6. The van der Waals surface area contributed by atoms with Crippen LogP contribution in [0.15, 0.2) is 0 Å². The van der Waals surface area contributed by atoms with Gasteiger partial charge in [-0.2, -0.15) is 0 Å². The van der Waals surface area contributed by atoms with Gasteiger partial charge in [0.05, 0.1) is 5.60 Å². The van der Waals surface area contributed by atoms with Crippen molar-refractivity contribution in [1.82, 2.24) is 5.32 Å². The van der Waals surface area contributed by atoms with Crippen molar-refractivity contribution in [2.45, 2.75) is 72.4 Å². The third-order valence-electron chi connectivity index (χ3n) is 3.33. The van der Waals surface area contributed by atoms with Crippen molar-refractivity contribution >= 4 is 0 Å². The minimum absolute atomic E-state index is 0.0209. The van der Waals surface area contributed by atoms with E-state index in [-0.39, 0.29) is 5.60 Å². The molecule has 1 N–H and O–H groups in total. The number of hydrogen-bond acceptors (Lipinski definition) is 2. The van der Waals surface area contributed by atoms with Crippen LogP contribution in [-0.4, -0.2) is 25.3 Å². The number of rotatable bonds is 9. The Hall–Kier alpha value is -0.0800. The lowest BCUT2D eigenvalue weighted by Crippen LogP contribution is -2.31. The fourth-order valence-corrected chi connectivity index (χ4v) is 2.03. The molecule has 0 aromatic carbocycles. The van der Waals surface area contributed by atoms with E-state index in [1.165, 1.54) is 12.8 Å². The van der Waals surface area contributed by atoms with Gasteiger partial charge >= 0.3 is 0 Å². The highest BCUT2D eigenvalue weighted by atomic mass is 16.5. The van der Waals surface area contributed by atoms with Crippen molar-refractivity contribution in [3.63, 3.8) is 0 Å². The molecule has 0 saturated carbocycles.